The molecule has 24 heavy (non-hydrogen) atoms. The van der Waals surface area contributed by atoms with Crippen molar-refractivity contribution in [2.24, 2.45) is 0 Å². The molecule has 0 spiro atoms. The standard InChI is InChI=1S/C16H22F2N4O2/c1-2-3-4-14(23)20-8-12-5-6-19-22(12)13(9-20)7-15(24)21-10-16(17,18)11-21/h5-6,13H,2-4,7-11H2,1H3/t13-/m0/s1. The van der Waals surface area contributed by atoms with Crippen LogP contribution in [0.1, 0.15) is 44.3 Å². The van der Waals surface area contributed by atoms with Gasteiger partial charge in [-0.3, -0.25) is 14.3 Å². The minimum absolute atomic E-state index is 0.0669. The number of amides is 2. The fourth-order valence-electron chi connectivity index (χ4n) is 3.23. The van der Waals surface area contributed by atoms with E-state index in [0.29, 0.717) is 19.5 Å². The van der Waals surface area contributed by atoms with Gasteiger partial charge in [0.25, 0.3) is 5.92 Å². The van der Waals surface area contributed by atoms with Gasteiger partial charge in [0, 0.05) is 19.2 Å². The quantitative estimate of drug-likeness (QED) is 0.822. The highest BCUT2D eigenvalue weighted by molar-refractivity contribution is 5.78. The van der Waals surface area contributed by atoms with Gasteiger partial charge in [-0.15, -0.1) is 0 Å². The highest BCUT2D eigenvalue weighted by Gasteiger charge is 2.46. The Bertz CT molecular complexity index is 623. The number of fused-ring (bicyclic) bond motifs is 1. The minimum Gasteiger partial charge on any atom is -0.335 e. The molecule has 2 aliphatic heterocycles. The largest absolute Gasteiger partial charge is 0.335 e. The lowest BCUT2D eigenvalue weighted by molar-refractivity contribution is -0.166. The first-order valence-electron chi connectivity index (χ1n) is 8.35. The van der Waals surface area contributed by atoms with Crippen molar-refractivity contribution < 1.29 is 18.4 Å². The van der Waals surface area contributed by atoms with Crippen molar-refractivity contribution in [1.82, 2.24) is 19.6 Å². The Morgan fingerprint density at radius 2 is 2.04 bits per heavy atom. The Morgan fingerprint density at radius 1 is 1.29 bits per heavy atom. The Morgan fingerprint density at radius 3 is 2.71 bits per heavy atom. The molecule has 0 radical (unpaired) electrons. The maximum absolute atomic E-state index is 12.9. The molecule has 3 heterocycles. The van der Waals surface area contributed by atoms with Gasteiger partial charge in [0.2, 0.25) is 11.8 Å². The number of carbonyl (C=O) groups is 2. The molecule has 2 amide bonds. The van der Waals surface area contributed by atoms with Crippen molar-refractivity contribution in [2.75, 3.05) is 19.6 Å². The van der Waals surface area contributed by atoms with Crippen LogP contribution in [0, 0.1) is 0 Å². The number of rotatable bonds is 5. The molecule has 0 aromatic carbocycles. The molecule has 1 aromatic rings. The van der Waals surface area contributed by atoms with Crippen LogP contribution in [0.3, 0.4) is 0 Å². The molecule has 2 aliphatic rings. The van der Waals surface area contributed by atoms with Crippen LogP contribution < -0.4 is 0 Å². The fraction of sp³-hybridized carbons (Fsp3) is 0.688. The van der Waals surface area contributed by atoms with Crippen molar-refractivity contribution in [3.63, 3.8) is 0 Å². The zero-order valence-corrected chi connectivity index (χ0v) is 13.8. The van der Waals surface area contributed by atoms with Gasteiger partial charge in [-0.05, 0) is 12.5 Å². The van der Waals surface area contributed by atoms with Crippen molar-refractivity contribution in [2.45, 2.75) is 51.1 Å². The number of hydrogen-bond donors (Lipinski definition) is 0. The van der Waals surface area contributed by atoms with Gasteiger partial charge < -0.3 is 9.80 Å². The van der Waals surface area contributed by atoms with E-state index in [9.17, 15) is 18.4 Å². The maximum atomic E-state index is 12.9. The summed E-state index contributed by atoms with van der Waals surface area (Å²) in [5.74, 6) is -3.01. The molecule has 0 N–H and O–H groups in total. The Kier molecular flexibility index (Phi) is 4.56. The number of carbonyl (C=O) groups excluding carboxylic acids is 2. The average Bonchev–Trinajstić information content (AvgIpc) is 2.98. The third kappa shape index (κ3) is 3.42. The van der Waals surface area contributed by atoms with Crippen molar-refractivity contribution in [3.05, 3.63) is 18.0 Å². The molecule has 0 unspecified atom stereocenters. The van der Waals surface area contributed by atoms with Gasteiger partial charge >= 0.3 is 0 Å². The molecule has 8 heteroatoms. The average molecular weight is 340 g/mol. The van der Waals surface area contributed by atoms with Gasteiger partial charge in [0.15, 0.2) is 0 Å². The summed E-state index contributed by atoms with van der Waals surface area (Å²) >= 11 is 0. The lowest BCUT2D eigenvalue weighted by Gasteiger charge is -2.40. The topological polar surface area (TPSA) is 58.4 Å². The molecule has 1 aromatic heterocycles. The van der Waals surface area contributed by atoms with Gasteiger partial charge in [0.05, 0.1) is 37.8 Å². The summed E-state index contributed by atoms with van der Waals surface area (Å²) in [6, 6.07) is 1.53. The van der Waals surface area contributed by atoms with E-state index in [4.69, 9.17) is 0 Å². The normalized spacial score (nSPS) is 22.0. The summed E-state index contributed by atoms with van der Waals surface area (Å²) in [6.07, 6.45) is 4.00. The van der Waals surface area contributed by atoms with E-state index in [-0.39, 0.29) is 24.3 Å². The zero-order valence-electron chi connectivity index (χ0n) is 13.8. The molecular formula is C16H22F2N4O2. The number of unbranched alkanes of at least 4 members (excludes halogenated alkanes) is 1. The van der Waals surface area contributed by atoms with E-state index < -0.39 is 19.0 Å². The van der Waals surface area contributed by atoms with Crippen LogP contribution in [0.2, 0.25) is 0 Å². The Labute approximate surface area is 139 Å². The number of aromatic nitrogens is 2. The number of likely N-dealkylation sites (tertiary alicyclic amines) is 1. The third-order valence-electron chi connectivity index (χ3n) is 4.59. The molecule has 0 saturated carbocycles. The van der Waals surface area contributed by atoms with Crippen molar-refractivity contribution in [3.8, 4) is 0 Å². The summed E-state index contributed by atoms with van der Waals surface area (Å²) in [5, 5.41) is 4.24. The molecular weight excluding hydrogens is 318 g/mol. The first-order valence-corrected chi connectivity index (χ1v) is 8.35. The van der Waals surface area contributed by atoms with E-state index >= 15 is 0 Å². The number of halogens is 2. The first-order chi connectivity index (χ1) is 11.4. The minimum atomic E-state index is -2.76. The Balaban J connectivity index is 1.66. The number of hydrogen-bond acceptors (Lipinski definition) is 3. The van der Waals surface area contributed by atoms with Crippen LogP contribution in [0.25, 0.3) is 0 Å². The van der Waals surface area contributed by atoms with E-state index in [1.54, 1.807) is 15.8 Å². The van der Waals surface area contributed by atoms with Crippen LogP contribution in [-0.2, 0) is 16.1 Å². The first kappa shape index (κ1) is 16.9. The Hall–Kier alpha value is -1.99. The summed E-state index contributed by atoms with van der Waals surface area (Å²) in [4.78, 5) is 27.4. The molecule has 6 nitrogen and oxygen atoms in total. The predicted molar refractivity (Wildman–Crippen MR) is 82.4 cm³/mol. The third-order valence-corrected chi connectivity index (χ3v) is 4.59. The predicted octanol–water partition coefficient (Wildman–Crippen LogP) is 1.82. The lowest BCUT2D eigenvalue weighted by atomic mass is 10.1. The maximum Gasteiger partial charge on any atom is 0.282 e. The summed E-state index contributed by atoms with van der Waals surface area (Å²) < 4.78 is 27.6. The second-order valence-electron chi connectivity index (χ2n) is 6.61. The second-order valence-corrected chi connectivity index (χ2v) is 6.61. The molecule has 1 atom stereocenters. The van der Waals surface area contributed by atoms with E-state index in [1.807, 2.05) is 13.0 Å². The number of nitrogens with zero attached hydrogens (tertiary/aromatic N) is 4. The van der Waals surface area contributed by atoms with Gasteiger partial charge in [0.1, 0.15) is 0 Å². The zero-order chi connectivity index (χ0) is 17.3. The highest BCUT2D eigenvalue weighted by atomic mass is 19.3. The molecule has 1 fully saturated rings. The van der Waals surface area contributed by atoms with Crippen molar-refractivity contribution >= 4 is 11.8 Å². The van der Waals surface area contributed by atoms with Gasteiger partial charge in [-0.1, -0.05) is 13.3 Å². The monoisotopic (exact) mass is 340 g/mol. The van der Waals surface area contributed by atoms with Gasteiger partial charge in [-0.25, -0.2) is 8.78 Å². The van der Waals surface area contributed by atoms with Gasteiger partial charge in [-0.2, -0.15) is 5.10 Å². The van der Waals surface area contributed by atoms with Crippen molar-refractivity contribution in [1.29, 1.82) is 0 Å². The summed E-state index contributed by atoms with van der Waals surface area (Å²) in [7, 11) is 0. The van der Waals surface area contributed by atoms with Crippen LogP contribution in [0.4, 0.5) is 8.78 Å². The number of alkyl halides is 2. The van der Waals surface area contributed by atoms with E-state index in [1.165, 1.54) is 4.90 Å². The molecule has 3 rings (SSSR count). The lowest BCUT2D eigenvalue weighted by Crippen LogP contribution is -2.59. The van der Waals surface area contributed by atoms with Crippen LogP contribution in [0.5, 0.6) is 0 Å². The molecule has 0 aliphatic carbocycles. The molecule has 0 bridgehead atoms. The van der Waals surface area contributed by atoms with E-state index in [2.05, 4.69) is 5.10 Å². The van der Waals surface area contributed by atoms with Crippen LogP contribution in [0.15, 0.2) is 12.3 Å². The van der Waals surface area contributed by atoms with Crippen LogP contribution >= 0.6 is 0 Å². The second kappa shape index (κ2) is 6.49. The molecule has 1 saturated heterocycles. The van der Waals surface area contributed by atoms with E-state index in [0.717, 1.165) is 18.5 Å². The SMILES string of the molecule is CCCCC(=O)N1Cc2ccnn2[C@@H](CC(=O)N2CC(F)(F)C2)C1. The smallest absolute Gasteiger partial charge is 0.282 e. The molecule has 132 valence electrons. The fourth-order valence-corrected chi connectivity index (χ4v) is 3.23. The summed E-state index contributed by atoms with van der Waals surface area (Å²) in [6.45, 7) is 1.89. The summed E-state index contributed by atoms with van der Waals surface area (Å²) in [5.41, 5.74) is 0.873. The highest BCUT2D eigenvalue weighted by Crippen LogP contribution is 2.30. The van der Waals surface area contributed by atoms with Crippen LogP contribution in [-0.4, -0.2) is 57.0 Å².